The van der Waals surface area contributed by atoms with Crippen LogP contribution in [0.3, 0.4) is 0 Å². The molecule has 1 aliphatic carbocycles. The molecule has 3 aromatic rings. The number of rotatable bonds is 7. The Balaban J connectivity index is 1.38. The lowest BCUT2D eigenvalue weighted by Gasteiger charge is -2.16. The number of H-pyrrole nitrogens is 1. The van der Waals surface area contributed by atoms with Crippen molar-refractivity contribution >= 4 is 11.7 Å². The molecule has 1 amide bonds. The molecule has 0 aliphatic heterocycles. The lowest BCUT2D eigenvalue weighted by Crippen LogP contribution is -2.17. The minimum Gasteiger partial charge on any atom is -0.473 e. The van der Waals surface area contributed by atoms with Gasteiger partial charge in [0.2, 0.25) is 5.88 Å². The summed E-state index contributed by atoms with van der Waals surface area (Å²) in [6.07, 6.45) is -2.32. The van der Waals surface area contributed by atoms with Crippen LogP contribution in [-0.2, 0) is 24.6 Å². The fraction of sp³-hybridized carbons (Fsp3) is 0.450. The lowest BCUT2D eigenvalue weighted by atomic mass is 10.0. The third-order valence-corrected chi connectivity index (χ3v) is 5.39. The van der Waals surface area contributed by atoms with Crippen molar-refractivity contribution in [1.29, 1.82) is 0 Å². The van der Waals surface area contributed by atoms with Gasteiger partial charge < -0.3 is 14.8 Å². The number of hydrogen-bond acceptors (Lipinski definition) is 7. The van der Waals surface area contributed by atoms with Crippen molar-refractivity contribution in [2.75, 3.05) is 12.4 Å². The van der Waals surface area contributed by atoms with Gasteiger partial charge in [0.25, 0.3) is 5.91 Å². The van der Waals surface area contributed by atoms with Crippen LogP contribution in [-0.4, -0.2) is 49.3 Å². The van der Waals surface area contributed by atoms with Crippen LogP contribution < -0.4 is 10.1 Å². The fourth-order valence-electron chi connectivity index (χ4n) is 3.86. The second kappa shape index (κ2) is 9.17. The van der Waals surface area contributed by atoms with Crippen LogP contribution in [0.15, 0.2) is 24.4 Å². The highest BCUT2D eigenvalue weighted by atomic mass is 19.4. The number of halogens is 3. The number of anilines is 1. The first-order valence-corrected chi connectivity index (χ1v) is 10.2. The van der Waals surface area contributed by atoms with Crippen molar-refractivity contribution in [3.8, 4) is 5.88 Å². The molecule has 0 unspecified atom stereocenters. The predicted molar refractivity (Wildman–Crippen MR) is 109 cm³/mol. The molecule has 0 saturated heterocycles. The smallest absolute Gasteiger partial charge is 0.421 e. The summed E-state index contributed by atoms with van der Waals surface area (Å²) in [6, 6.07) is 4.19. The summed E-state index contributed by atoms with van der Waals surface area (Å²) < 4.78 is 51.5. The van der Waals surface area contributed by atoms with Gasteiger partial charge in [0.1, 0.15) is 17.4 Å². The number of alkyl halides is 3. The number of ether oxygens (including phenoxy) is 2. The Bertz CT molecular complexity index is 1130. The number of methoxy groups -OCH3 is 1. The maximum absolute atomic E-state index is 13.2. The first kappa shape index (κ1) is 22.7. The minimum absolute atomic E-state index is 0.0100. The summed E-state index contributed by atoms with van der Waals surface area (Å²) >= 11 is 0. The van der Waals surface area contributed by atoms with Gasteiger partial charge in [-0.1, -0.05) is 0 Å². The summed E-state index contributed by atoms with van der Waals surface area (Å²) in [4.78, 5) is 12.6. The van der Waals surface area contributed by atoms with E-state index in [1.165, 1.54) is 4.68 Å². The second-order valence-corrected chi connectivity index (χ2v) is 7.74. The number of hydrogen-bond donors (Lipinski definition) is 2. The molecule has 0 bridgehead atoms. The van der Waals surface area contributed by atoms with E-state index in [2.05, 4.69) is 30.8 Å². The summed E-state index contributed by atoms with van der Waals surface area (Å²) in [5.41, 5.74) is 0.792. The molecule has 0 radical (unpaired) electrons. The predicted octanol–water partition coefficient (Wildman–Crippen LogP) is 3.07. The Morgan fingerprint density at radius 2 is 2.15 bits per heavy atom. The van der Waals surface area contributed by atoms with Crippen molar-refractivity contribution in [2.24, 2.45) is 7.05 Å². The first-order valence-electron chi connectivity index (χ1n) is 10.2. The summed E-state index contributed by atoms with van der Waals surface area (Å²) in [7, 11) is 3.20. The zero-order chi connectivity index (χ0) is 23.6. The summed E-state index contributed by atoms with van der Waals surface area (Å²) in [5, 5.41) is 21.0. The Morgan fingerprint density at radius 1 is 1.33 bits per heavy atom. The Morgan fingerprint density at radius 3 is 2.91 bits per heavy atom. The van der Waals surface area contributed by atoms with Crippen LogP contribution in [0.2, 0.25) is 0 Å². The Labute approximate surface area is 186 Å². The molecular formula is C20H22F3N7O3. The van der Waals surface area contributed by atoms with E-state index in [1.54, 1.807) is 26.3 Å². The summed E-state index contributed by atoms with van der Waals surface area (Å²) in [5.74, 6) is -0.566. The number of aryl methyl sites for hydroxylation is 1. The van der Waals surface area contributed by atoms with Gasteiger partial charge in [-0.3, -0.25) is 14.6 Å². The van der Waals surface area contributed by atoms with Gasteiger partial charge in [-0.15, -0.1) is 5.10 Å². The van der Waals surface area contributed by atoms with Gasteiger partial charge in [-0.2, -0.15) is 28.5 Å². The third-order valence-electron chi connectivity index (χ3n) is 5.39. The molecule has 1 saturated carbocycles. The van der Waals surface area contributed by atoms with Gasteiger partial charge in [0.15, 0.2) is 5.82 Å². The van der Waals surface area contributed by atoms with E-state index in [4.69, 9.17) is 9.47 Å². The van der Waals surface area contributed by atoms with Crippen molar-refractivity contribution in [3.63, 3.8) is 0 Å². The highest BCUT2D eigenvalue weighted by Gasteiger charge is 2.37. The van der Waals surface area contributed by atoms with E-state index in [0.717, 1.165) is 18.0 Å². The number of aromatic amines is 1. The van der Waals surface area contributed by atoms with Gasteiger partial charge in [0.05, 0.1) is 18.5 Å². The van der Waals surface area contributed by atoms with Crippen LogP contribution in [0, 0.1) is 0 Å². The van der Waals surface area contributed by atoms with Crippen LogP contribution in [0.1, 0.15) is 52.6 Å². The molecule has 0 spiro atoms. The van der Waals surface area contributed by atoms with Crippen molar-refractivity contribution < 1.29 is 27.4 Å². The highest BCUT2D eigenvalue weighted by Crippen LogP contribution is 2.39. The number of carbonyl (C=O) groups excluding carboxylic acids is 1. The quantitative estimate of drug-likeness (QED) is 0.550. The first-order chi connectivity index (χ1) is 15.7. The average Bonchev–Trinajstić information content (AvgIpc) is 3.48. The van der Waals surface area contributed by atoms with Crippen LogP contribution in [0.4, 0.5) is 19.0 Å². The molecule has 0 aromatic carbocycles. The van der Waals surface area contributed by atoms with E-state index in [0.29, 0.717) is 36.5 Å². The third kappa shape index (κ3) is 5.13. The van der Waals surface area contributed by atoms with E-state index in [1.807, 2.05) is 0 Å². The summed E-state index contributed by atoms with van der Waals surface area (Å²) in [6.45, 7) is 0.289. The molecule has 1 aliphatic rings. The Hall–Kier alpha value is -3.48. The topological polar surface area (TPSA) is 120 Å². The second-order valence-electron chi connectivity index (χ2n) is 7.74. The number of amides is 1. The van der Waals surface area contributed by atoms with E-state index < -0.39 is 23.7 Å². The number of carbonyl (C=O) groups is 1. The van der Waals surface area contributed by atoms with Crippen molar-refractivity contribution in [3.05, 3.63) is 47.0 Å². The molecule has 4 rings (SSSR count). The van der Waals surface area contributed by atoms with Crippen LogP contribution >= 0.6 is 0 Å². The van der Waals surface area contributed by atoms with Gasteiger partial charge >= 0.3 is 6.18 Å². The lowest BCUT2D eigenvalue weighted by molar-refractivity contribution is -0.139. The molecule has 33 heavy (non-hydrogen) atoms. The van der Waals surface area contributed by atoms with Gasteiger partial charge in [0, 0.05) is 31.8 Å². The molecule has 2 N–H and O–H groups in total. The molecule has 10 nitrogen and oxygen atoms in total. The number of nitrogens with one attached hydrogen (secondary N) is 2. The van der Waals surface area contributed by atoms with E-state index in [9.17, 15) is 18.0 Å². The molecule has 176 valence electrons. The number of aromatic nitrogens is 6. The van der Waals surface area contributed by atoms with Gasteiger partial charge in [-0.25, -0.2) is 0 Å². The Kier molecular flexibility index (Phi) is 6.31. The van der Waals surface area contributed by atoms with Crippen molar-refractivity contribution in [2.45, 2.75) is 44.1 Å². The molecule has 2 atom stereocenters. The van der Waals surface area contributed by atoms with E-state index >= 15 is 0 Å². The molecule has 3 aromatic heterocycles. The molecular weight excluding hydrogens is 443 g/mol. The molecule has 1 fully saturated rings. The van der Waals surface area contributed by atoms with Crippen molar-refractivity contribution in [1.82, 2.24) is 30.2 Å². The maximum Gasteiger partial charge on any atom is 0.421 e. The van der Waals surface area contributed by atoms with Crippen LogP contribution in [0.5, 0.6) is 5.88 Å². The SMILES string of the molecule is COCc1cc(C(=O)Nc2cc([C@@H]3CC[C@H](Oc4nnccc4C(F)(F)F)C3)[nH]n2)n(C)n1. The van der Waals surface area contributed by atoms with Gasteiger partial charge in [-0.05, 0) is 31.4 Å². The fourth-order valence-corrected chi connectivity index (χ4v) is 3.86. The van der Waals surface area contributed by atoms with Crippen LogP contribution in [0.25, 0.3) is 0 Å². The molecule has 3 heterocycles. The average molecular weight is 465 g/mol. The minimum atomic E-state index is -4.57. The standard InChI is InChI=1S/C20H22F3N7O3/c1-30-16(8-12(29-30)10-32-2)18(31)25-17-9-15(26-27-17)11-3-4-13(7-11)33-19-14(20(21,22)23)5-6-24-28-19/h5-6,8-9,11,13H,3-4,7,10H2,1-2H3,(H2,25,26,27,31)/t11-,13+/m1/s1. The zero-order valence-corrected chi connectivity index (χ0v) is 17.9. The normalized spacial score (nSPS) is 18.5. The monoisotopic (exact) mass is 465 g/mol. The zero-order valence-electron chi connectivity index (χ0n) is 17.9. The number of nitrogens with zero attached hydrogens (tertiary/aromatic N) is 5. The largest absolute Gasteiger partial charge is 0.473 e. The highest BCUT2D eigenvalue weighted by molar-refractivity contribution is 6.02. The molecule has 13 heteroatoms. The van der Waals surface area contributed by atoms with E-state index in [-0.39, 0.29) is 18.4 Å². The maximum atomic E-state index is 13.2.